The maximum Gasteiger partial charge on any atom is 0.258 e. The van der Waals surface area contributed by atoms with E-state index in [0.29, 0.717) is 42.2 Å². The zero-order chi connectivity index (χ0) is 20.7. The zero-order valence-corrected chi connectivity index (χ0v) is 17.2. The van der Waals surface area contributed by atoms with E-state index in [1.54, 1.807) is 22.5 Å². The summed E-state index contributed by atoms with van der Waals surface area (Å²) in [6, 6.07) is 11.5. The number of halogens is 1. The number of benzene rings is 2. The fourth-order valence-corrected chi connectivity index (χ4v) is 5.87. The molecule has 0 radical (unpaired) electrons. The Morgan fingerprint density at radius 2 is 1.83 bits per heavy atom. The van der Waals surface area contributed by atoms with E-state index in [1.807, 2.05) is 12.1 Å². The van der Waals surface area contributed by atoms with Gasteiger partial charge in [-0.3, -0.25) is 0 Å². The van der Waals surface area contributed by atoms with Crippen LogP contribution in [-0.4, -0.2) is 36.0 Å². The molecule has 2 heterocycles. The van der Waals surface area contributed by atoms with Gasteiger partial charge in [-0.05, 0) is 73.6 Å². The van der Waals surface area contributed by atoms with Crippen molar-refractivity contribution < 1.29 is 17.3 Å². The van der Waals surface area contributed by atoms with Crippen molar-refractivity contribution in [1.82, 2.24) is 14.4 Å². The maximum atomic E-state index is 13.4. The summed E-state index contributed by atoms with van der Waals surface area (Å²) < 4.78 is 46.5. The Hall–Kier alpha value is -2.58. The summed E-state index contributed by atoms with van der Waals surface area (Å²) in [5.74, 6) is 0.474. The van der Waals surface area contributed by atoms with Gasteiger partial charge in [0, 0.05) is 24.6 Å². The van der Waals surface area contributed by atoms with Crippen molar-refractivity contribution in [1.29, 1.82) is 0 Å². The molecule has 1 aliphatic heterocycles. The predicted molar refractivity (Wildman–Crippen MR) is 109 cm³/mol. The van der Waals surface area contributed by atoms with Gasteiger partial charge < -0.3 is 4.52 Å². The molecule has 2 aromatic carbocycles. The molecule has 0 atom stereocenters. The monoisotopic (exact) mass is 427 g/mol. The lowest BCUT2D eigenvalue weighted by atomic mass is 9.97. The second-order valence-electron chi connectivity index (χ2n) is 7.93. The minimum Gasteiger partial charge on any atom is -0.334 e. The van der Waals surface area contributed by atoms with Crippen molar-refractivity contribution in [2.24, 2.45) is 0 Å². The largest absolute Gasteiger partial charge is 0.334 e. The summed E-state index contributed by atoms with van der Waals surface area (Å²) in [5, 5.41) is 4.05. The molecule has 30 heavy (non-hydrogen) atoms. The Morgan fingerprint density at radius 1 is 1.03 bits per heavy atom. The number of aromatic nitrogens is 2. The third-order valence-electron chi connectivity index (χ3n) is 6.04. The van der Waals surface area contributed by atoms with Crippen LogP contribution in [-0.2, 0) is 22.9 Å². The molecule has 2 aliphatic rings. The maximum absolute atomic E-state index is 13.4. The summed E-state index contributed by atoms with van der Waals surface area (Å²) in [6.07, 6.45) is 4.31. The molecular weight excluding hydrogens is 405 g/mol. The number of aryl methyl sites for hydroxylation is 2. The Bertz CT molecular complexity index is 1180. The highest BCUT2D eigenvalue weighted by atomic mass is 32.2. The fourth-order valence-electron chi connectivity index (χ4n) is 4.35. The van der Waals surface area contributed by atoms with Gasteiger partial charge in [-0.25, -0.2) is 12.8 Å². The Kier molecular flexibility index (Phi) is 4.91. The smallest absolute Gasteiger partial charge is 0.258 e. The third kappa shape index (κ3) is 3.54. The standard InChI is InChI=1S/C22H22FN3O3S/c23-19-6-2-5-18(13-19)22-24-21(25-29-22)16-9-11-26(12-10-16)30(27,28)20-8-7-15-3-1-4-17(15)14-20/h2,5-8,13-14,16H,1,3-4,9-12H2. The molecular formula is C22H22FN3O3S. The molecule has 6 nitrogen and oxygen atoms in total. The zero-order valence-electron chi connectivity index (χ0n) is 16.4. The highest BCUT2D eigenvalue weighted by Crippen LogP contribution is 2.32. The summed E-state index contributed by atoms with van der Waals surface area (Å²) in [4.78, 5) is 4.80. The van der Waals surface area contributed by atoms with E-state index in [2.05, 4.69) is 10.1 Å². The van der Waals surface area contributed by atoms with E-state index in [0.717, 1.165) is 24.8 Å². The van der Waals surface area contributed by atoms with E-state index in [-0.39, 0.29) is 17.6 Å². The van der Waals surface area contributed by atoms with E-state index in [9.17, 15) is 12.8 Å². The van der Waals surface area contributed by atoms with Crippen molar-refractivity contribution in [3.63, 3.8) is 0 Å². The number of rotatable bonds is 4. The van der Waals surface area contributed by atoms with Gasteiger partial charge in [0.25, 0.3) is 5.89 Å². The fraction of sp³-hybridized carbons (Fsp3) is 0.364. The molecule has 1 aliphatic carbocycles. The molecule has 0 spiro atoms. The Labute approximate surface area is 174 Å². The van der Waals surface area contributed by atoms with Gasteiger partial charge in [-0.15, -0.1) is 0 Å². The number of fused-ring (bicyclic) bond motifs is 1. The van der Waals surface area contributed by atoms with Crippen molar-refractivity contribution in [2.45, 2.75) is 42.9 Å². The number of hydrogen-bond donors (Lipinski definition) is 0. The molecule has 0 saturated carbocycles. The molecule has 0 bridgehead atoms. The van der Waals surface area contributed by atoms with E-state index in [4.69, 9.17) is 4.52 Å². The van der Waals surface area contributed by atoms with Crippen LogP contribution in [0.25, 0.3) is 11.5 Å². The van der Waals surface area contributed by atoms with Gasteiger partial charge in [0.15, 0.2) is 5.82 Å². The lowest BCUT2D eigenvalue weighted by molar-refractivity contribution is 0.307. The summed E-state index contributed by atoms with van der Waals surface area (Å²) in [7, 11) is -3.50. The van der Waals surface area contributed by atoms with Crippen LogP contribution in [0.5, 0.6) is 0 Å². The number of sulfonamides is 1. The summed E-state index contributed by atoms with van der Waals surface area (Å²) in [5.41, 5.74) is 2.95. The van der Waals surface area contributed by atoms with Gasteiger partial charge in [0.2, 0.25) is 10.0 Å². The van der Waals surface area contributed by atoms with Crippen LogP contribution in [0.2, 0.25) is 0 Å². The van der Waals surface area contributed by atoms with Crippen molar-refractivity contribution in [3.8, 4) is 11.5 Å². The molecule has 1 fully saturated rings. The van der Waals surface area contributed by atoms with Crippen LogP contribution in [0.15, 0.2) is 51.9 Å². The molecule has 0 N–H and O–H groups in total. The van der Waals surface area contributed by atoms with Gasteiger partial charge in [-0.2, -0.15) is 9.29 Å². The molecule has 5 rings (SSSR count). The molecule has 156 valence electrons. The van der Waals surface area contributed by atoms with Gasteiger partial charge in [-0.1, -0.05) is 17.3 Å². The van der Waals surface area contributed by atoms with Crippen molar-refractivity contribution >= 4 is 10.0 Å². The van der Waals surface area contributed by atoms with Gasteiger partial charge >= 0.3 is 0 Å². The molecule has 1 aromatic heterocycles. The summed E-state index contributed by atoms with van der Waals surface area (Å²) >= 11 is 0. The topological polar surface area (TPSA) is 76.3 Å². The SMILES string of the molecule is O=S(=O)(c1ccc2c(c1)CCC2)N1CCC(c2noc(-c3cccc(F)c3)n2)CC1. The minimum absolute atomic E-state index is 0.0162. The first-order valence-corrected chi connectivity index (χ1v) is 11.7. The minimum atomic E-state index is -3.50. The first-order chi connectivity index (χ1) is 14.5. The first kappa shape index (κ1) is 19.4. The lowest BCUT2D eigenvalue weighted by Crippen LogP contribution is -2.38. The first-order valence-electron chi connectivity index (χ1n) is 10.2. The molecule has 0 amide bonds. The highest BCUT2D eigenvalue weighted by Gasteiger charge is 2.32. The molecule has 1 saturated heterocycles. The third-order valence-corrected chi connectivity index (χ3v) is 7.93. The summed E-state index contributed by atoms with van der Waals surface area (Å²) in [6.45, 7) is 0.821. The van der Waals surface area contributed by atoms with Gasteiger partial charge in [0.05, 0.1) is 4.90 Å². The van der Waals surface area contributed by atoms with E-state index in [1.165, 1.54) is 17.7 Å². The molecule has 3 aromatic rings. The predicted octanol–water partition coefficient (Wildman–Crippen LogP) is 3.93. The van der Waals surface area contributed by atoms with Crippen LogP contribution >= 0.6 is 0 Å². The average Bonchev–Trinajstić information content (AvgIpc) is 3.43. The second-order valence-corrected chi connectivity index (χ2v) is 9.87. The van der Waals surface area contributed by atoms with Gasteiger partial charge in [0.1, 0.15) is 5.82 Å². The number of nitrogens with zero attached hydrogens (tertiary/aromatic N) is 3. The highest BCUT2D eigenvalue weighted by molar-refractivity contribution is 7.89. The second kappa shape index (κ2) is 7.59. The molecule has 0 unspecified atom stereocenters. The van der Waals surface area contributed by atoms with Crippen LogP contribution in [0.3, 0.4) is 0 Å². The normalized spacial score (nSPS) is 17.9. The van der Waals surface area contributed by atoms with Crippen LogP contribution in [0.4, 0.5) is 4.39 Å². The van der Waals surface area contributed by atoms with Crippen LogP contribution in [0.1, 0.15) is 42.1 Å². The number of piperidine rings is 1. The average molecular weight is 428 g/mol. The van der Waals surface area contributed by atoms with Crippen molar-refractivity contribution in [3.05, 3.63) is 65.2 Å². The van der Waals surface area contributed by atoms with Crippen molar-refractivity contribution in [2.75, 3.05) is 13.1 Å². The molecule has 8 heteroatoms. The van der Waals surface area contributed by atoms with E-state index >= 15 is 0 Å². The Balaban J connectivity index is 1.28. The van der Waals surface area contributed by atoms with Crippen LogP contribution in [0, 0.1) is 5.82 Å². The quantitative estimate of drug-likeness (QED) is 0.631. The lowest BCUT2D eigenvalue weighted by Gasteiger charge is -2.29. The number of hydrogen-bond acceptors (Lipinski definition) is 5. The Morgan fingerprint density at radius 3 is 2.63 bits per heavy atom. The van der Waals surface area contributed by atoms with Crippen LogP contribution < -0.4 is 0 Å². The van der Waals surface area contributed by atoms with E-state index < -0.39 is 10.0 Å².